The molecule has 4 heteroatoms. The zero-order chi connectivity index (χ0) is 5.98. The topological polar surface area (TPSA) is 12.5 Å². The molecule has 0 amide bonds. The van der Waals surface area contributed by atoms with Crippen LogP contribution in [0.25, 0.3) is 0 Å². The zero-order valence-electron chi connectivity index (χ0n) is 4.31. The van der Waals surface area contributed by atoms with E-state index in [0.717, 1.165) is 19.7 Å². The maximum absolute atomic E-state index is 5.29. The maximum atomic E-state index is 5.29. The van der Waals surface area contributed by atoms with Gasteiger partial charge in [-0.25, -0.2) is 3.11 Å². The quantitative estimate of drug-likeness (QED) is 0.376. The molecule has 1 heterocycles. The van der Waals surface area contributed by atoms with E-state index in [4.69, 9.17) is 4.74 Å². The molecule has 0 spiro atoms. The number of morpholine rings is 1. The van der Waals surface area contributed by atoms with E-state index in [1.807, 2.05) is 0 Å². The second-order valence-corrected chi connectivity index (χ2v) is 4.40. The third kappa shape index (κ3) is 2.32. The first-order chi connectivity index (χ1) is 3.79. The van der Waals surface area contributed by atoms with Crippen molar-refractivity contribution in [3.8, 4) is 0 Å². The molecule has 1 atom stereocenters. The molecule has 48 valence electrons. The Bertz CT molecular complexity index is 72.4. The lowest BCUT2D eigenvalue weighted by Gasteiger charge is -2.24. The average Bonchev–Trinajstić information content (AvgIpc) is 1.64. The van der Waals surface area contributed by atoms with Crippen LogP contribution >= 0.6 is 45.5 Å². The average molecular weight is 339 g/mol. The van der Waals surface area contributed by atoms with E-state index in [-0.39, 0.29) is 0 Å². The number of alkyl halides is 1. The van der Waals surface area contributed by atoms with Gasteiger partial charge in [-0.05, 0) is 22.6 Å². The summed E-state index contributed by atoms with van der Waals surface area (Å²) in [5.74, 6) is 0. The molecule has 1 unspecified atom stereocenters. The first-order valence-corrected chi connectivity index (χ1v) is 4.66. The largest absolute Gasteiger partial charge is 0.365 e. The Labute approximate surface area is 76.6 Å². The Hall–Kier alpha value is 1.38. The molecular formula is C4H7I2NO. The molecule has 0 N–H and O–H groups in total. The van der Waals surface area contributed by atoms with Crippen molar-refractivity contribution >= 4 is 45.5 Å². The summed E-state index contributed by atoms with van der Waals surface area (Å²) >= 11 is 4.62. The van der Waals surface area contributed by atoms with E-state index >= 15 is 0 Å². The lowest BCUT2D eigenvalue weighted by Crippen LogP contribution is -2.32. The third-order valence-electron chi connectivity index (χ3n) is 0.974. The smallest absolute Gasteiger partial charge is 0.122 e. The number of rotatable bonds is 0. The highest BCUT2D eigenvalue weighted by Crippen LogP contribution is 2.13. The van der Waals surface area contributed by atoms with Gasteiger partial charge in [0.05, 0.1) is 6.61 Å². The van der Waals surface area contributed by atoms with Crippen LogP contribution in [0, 0.1) is 0 Å². The molecule has 1 rings (SSSR count). The monoisotopic (exact) mass is 339 g/mol. The molecule has 1 aliphatic heterocycles. The molecule has 0 aromatic carbocycles. The summed E-state index contributed by atoms with van der Waals surface area (Å²) in [5.41, 5.74) is 0. The van der Waals surface area contributed by atoms with Crippen molar-refractivity contribution in [3.05, 3.63) is 0 Å². The number of nitrogens with zero attached hydrogens (tertiary/aromatic N) is 1. The van der Waals surface area contributed by atoms with Crippen LogP contribution in [-0.4, -0.2) is 26.9 Å². The second kappa shape index (κ2) is 3.52. The second-order valence-electron chi connectivity index (χ2n) is 1.65. The molecule has 1 fully saturated rings. The van der Waals surface area contributed by atoms with Crippen LogP contribution in [0.5, 0.6) is 0 Å². The normalized spacial score (nSPS) is 33.0. The van der Waals surface area contributed by atoms with Crippen LogP contribution < -0.4 is 0 Å². The predicted octanol–water partition coefficient (Wildman–Crippen LogP) is 1.43. The minimum atomic E-state index is 0.401. The summed E-state index contributed by atoms with van der Waals surface area (Å²) < 4.78 is 7.94. The number of hydrogen-bond donors (Lipinski definition) is 0. The van der Waals surface area contributed by atoms with Crippen molar-refractivity contribution in [2.24, 2.45) is 0 Å². The Morgan fingerprint density at radius 2 is 2.38 bits per heavy atom. The van der Waals surface area contributed by atoms with Gasteiger partial charge in [0.25, 0.3) is 0 Å². The molecule has 0 saturated carbocycles. The molecule has 0 aromatic heterocycles. The minimum absolute atomic E-state index is 0.401. The van der Waals surface area contributed by atoms with Gasteiger partial charge in [0.15, 0.2) is 0 Å². The molecule has 1 saturated heterocycles. The van der Waals surface area contributed by atoms with E-state index in [2.05, 4.69) is 48.6 Å². The fraction of sp³-hybridized carbons (Fsp3) is 1.00. The summed E-state index contributed by atoms with van der Waals surface area (Å²) in [6.45, 7) is 3.01. The van der Waals surface area contributed by atoms with Crippen molar-refractivity contribution in [2.45, 2.75) is 4.11 Å². The van der Waals surface area contributed by atoms with Gasteiger partial charge >= 0.3 is 0 Å². The lowest BCUT2D eigenvalue weighted by atomic mass is 10.5. The number of hydrogen-bond acceptors (Lipinski definition) is 2. The molecule has 1 aliphatic rings. The Balaban J connectivity index is 2.23. The van der Waals surface area contributed by atoms with Crippen LogP contribution in [0.1, 0.15) is 0 Å². The van der Waals surface area contributed by atoms with Crippen molar-refractivity contribution in [1.82, 2.24) is 3.11 Å². The maximum Gasteiger partial charge on any atom is 0.122 e. The van der Waals surface area contributed by atoms with Crippen molar-refractivity contribution in [2.75, 3.05) is 19.7 Å². The Morgan fingerprint density at radius 3 is 2.75 bits per heavy atom. The van der Waals surface area contributed by atoms with Crippen LogP contribution in [0.15, 0.2) is 0 Å². The van der Waals surface area contributed by atoms with Crippen LogP contribution in [0.3, 0.4) is 0 Å². The highest BCUT2D eigenvalue weighted by molar-refractivity contribution is 14.1. The van der Waals surface area contributed by atoms with Crippen LogP contribution in [0.4, 0.5) is 0 Å². The number of halogens is 2. The first kappa shape index (κ1) is 7.49. The van der Waals surface area contributed by atoms with E-state index < -0.39 is 0 Å². The predicted molar refractivity (Wildman–Crippen MR) is 49.4 cm³/mol. The van der Waals surface area contributed by atoms with Gasteiger partial charge in [0, 0.05) is 36.0 Å². The molecule has 0 aliphatic carbocycles. The molecular weight excluding hydrogens is 332 g/mol. The third-order valence-corrected chi connectivity index (χ3v) is 2.60. The zero-order valence-corrected chi connectivity index (χ0v) is 8.63. The van der Waals surface area contributed by atoms with Crippen LogP contribution in [0.2, 0.25) is 0 Å². The Kier molecular flexibility index (Phi) is 3.30. The van der Waals surface area contributed by atoms with Gasteiger partial charge in [-0.2, -0.15) is 0 Å². The van der Waals surface area contributed by atoms with Gasteiger partial charge in [-0.15, -0.1) is 0 Å². The number of ether oxygens (including phenoxy) is 1. The summed E-state index contributed by atoms with van der Waals surface area (Å²) in [7, 11) is 0. The van der Waals surface area contributed by atoms with Gasteiger partial charge in [-0.3, -0.25) is 0 Å². The first-order valence-electron chi connectivity index (χ1n) is 2.45. The standard InChI is InChI=1S/C4H7I2NO/c5-4-3-7(6)1-2-8-4/h4H,1-3H2. The molecule has 2 nitrogen and oxygen atoms in total. The van der Waals surface area contributed by atoms with Gasteiger partial charge in [0.1, 0.15) is 4.11 Å². The van der Waals surface area contributed by atoms with Gasteiger partial charge in [0.2, 0.25) is 0 Å². The van der Waals surface area contributed by atoms with Crippen LogP contribution in [-0.2, 0) is 4.74 Å². The van der Waals surface area contributed by atoms with E-state index in [1.54, 1.807) is 0 Å². The van der Waals surface area contributed by atoms with E-state index in [1.165, 1.54) is 0 Å². The summed E-state index contributed by atoms with van der Waals surface area (Å²) in [6, 6.07) is 0. The summed E-state index contributed by atoms with van der Waals surface area (Å²) in [5, 5.41) is 0. The molecule has 8 heavy (non-hydrogen) atoms. The summed E-state index contributed by atoms with van der Waals surface area (Å²) in [4.78, 5) is 0. The SMILES string of the molecule is IC1CN(I)CCO1. The van der Waals surface area contributed by atoms with Crippen molar-refractivity contribution in [1.29, 1.82) is 0 Å². The molecule has 0 bridgehead atoms. The highest BCUT2D eigenvalue weighted by Gasteiger charge is 2.14. The van der Waals surface area contributed by atoms with E-state index in [9.17, 15) is 0 Å². The lowest BCUT2D eigenvalue weighted by molar-refractivity contribution is 0.0708. The Morgan fingerprint density at radius 1 is 1.62 bits per heavy atom. The summed E-state index contributed by atoms with van der Waals surface area (Å²) in [6.07, 6.45) is 0. The van der Waals surface area contributed by atoms with Crippen molar-refractivity contribution in [3.63, 3.8) is 0 Å². The molecule has 0 aromatic rings. The van der Waals surface area contributed by atoms with Gasteiger partial charge < -0.3 is 4.74 Å². The van der Waals surface area contributed by atoms with E-state index in [0.29, 0.717) is 4.11 Å². The fourth-order valence-corrected chi connectivity index (χ4v) is 2.62. The fourth-order valence-electron chi connectivity index (χ4n) is 0.579. The highest BCUT2D eigenvalue weighted by atomic mass is 127. The minimum Gasteiger partial charge on any atom is -0.365 e. The van der Waals surface area contributed by atoms with Crippen molar-refractivity contribution < 1.29 is 4.74 Å². The van der Waals surface area contributed by atoms with Gasteiger partial charge in [-0.1, -0.05) is 0 Å². The molecule has 0 radical (unpaired) electrons.